The molecule has 0 aliphatic carbocycles. The molecule has 0 saturated carbocycles. The number of rotatable bonds is 8. The van der Waals surface area contributed by atoms with Crippen molar-refractivity contribution in [2.24, 2.45) is 0 Å². The highest BCUT2D eigenvalue weighted by Crippen LogP contribution is 2.36. The fraction of sp³-hybridized carbons (Fsp3) is 0.179. The second-order valence-corrected chi connectivity index (χ2v) is 9.18. The summed E-state index contributed by atoms with van der Waals surface area (Å²) in [5.74, 6) is -0.914. The first kappa shape index (κ1) is 25.5. The number of aliphatic carboxylic acids is 1. The van der Waals surface area contributed by atoms with Gasteiger partial charge in [0.2, 0.25) is 0 Å². The summed E-state index contributed by atoms with van der Waals surface area (Å²) >= 11 is 12.8. The van der Waals surface area contributed by atoms with Crippen LogP contribution in [-0.4, -0.2) is 22.2 Å². The van der Waals surface area contributed by atoms with Crippen molar-refractivity contribution in [2.45, 2.75) is 32.8 Å². The van der Waals surface area contributed by atoms with E-state index in [0.717, 1.165) is 16.7 Å². The molecule has 4 aromatic rings. The number of esters is 1. The van der Waals surface area contributed by atoms with Gasteiger partial charge >= 0.3 is 11.9 Å². The Morgan fingerprint density at radius 3 is 2.33 bits per heavy atom. The predicted molar refractivity (Wildman–Crippen MR) is 138 cm³/mol. The number of hydrogen-bond donors (Lipinski definition) is 1. The minimum absolute atomic E-state index is 0.0345. The summed E-state index contributed by atoms with van der Waals surface area (Å²) in [5, 5.41) is 13.9. The molecule has 0 aliphatic heterocycles. The summed E-state index contributed by atoms with van der Waals surface area (Å²) in [6.07, 6.45) is -0.588. The lowest BCUT2D eigenvalue weighted by molar-refractivity contribution is -0.147. The molecule has 1 aromatic heterocycles. The summed E-state index contributed by atoms with van der Waals surface area (Å²) in [6, 6.07) is 20.0. The Kier molecular flexibility index (Phi) is 7.77. The standard InChI is InChI=1S/C28H23Cl2NO5/c1-16-23(15-27(34)35-17(2)21-5-3-4-6-24(21)29)28(36-31-16)22-12-11-20(14-25(22)30)19-9-7-18(8-10-19)13-26(32)33/h3-12,14,17H,13,15H2,1-2H3,(H,32,33)/t17-/m1/s1. The summed E-state index contributed by atoms with van der Waals surface area (Å²) < 4.78 is 11.2. The van der Waals surface area contributed by atoms with E-state index in [-0.39, 0.29) is 12.8 Å². The topological polar surface area (TPSA) is 89.6 Å². The van der Waals surface area contributed by atoms with E-state index in [2.05, 4.69) is 5.16 Å². The number of carboxylic acids is 1. The highest BCUT2D eigenvalue weighted by atomic mass is 35.5. The molecule has 0 spiro atoms. The lowest BCUT2D eigenvalue weighted by Gasteiger charge is -2.15. The molecule has 1 atom stereocenters. The molecule has 0 bridgehead atoms. The molecule has 0 aliphatic rings. The van der Waals surface area contributed by atoms with Crippen molar-refractivity contribution in [1.82, 2.24) is 5.16 Å². The van der Waals surface area contributed by atoms with E-state index in [9.17, 15) is 9.59 Å². The Hall–Kier alpha value is -3.61. The minimum atomic E-state index is -0.879. The summed E-state index contributed by atoms with van der Waals surface area (Å²) in [4.78, 5) is 23.7. The number of benzene rings is 3. The first-order chi connectivity index (χ1) is 17.2. The van der Waals surface area contributed by atoms with Gasteiger partial charge in [0.05, 0.1) is 23.6 Å². The second-order valence-electron chi connectivity index (χ2n) is 8.37. The number of ether oxygens (including phenoxy) is 1. The van der Waals surface area contributed by atoms with Crippen LogP contribution in [0.1, 0.15) is 35.4 Å². The zero-order valence-corrected chi connectivity index (χ0v) is 21.1. The van der Waals surface area contributed by atoms with Gasteiger partial charge in [0.1, 0.15) is 6.10 Å². The molecular weight excluding hydrogens is 501 g/mol. The molecule has 3 aromatic carbocycles. The summed E-state index contributed by atoms with van der Waals surface area (Å²) in [7, 11) is 0. The number of aromatic nitrogens is 1. The SMILES string of the molecule is Cc1noc(-c2ccc(-c3ccc(CC(=O)O)cc3)cc2Cl)c1CC(=O)O[C@H](C)c1ccccc1Cl. The summed E-state index contributed by atoms with van der Waals surface area (Å²) in [5.41, 5.74) is 4.96. The Morgan fingerprint density at radius 2 is 1.67 bits per heavy atom. The van der Waals surface area contributed by atoms with Crippen LogP contribution >= 0.6 is 23.2 Å². The van der Waals surface area contributed by atoms with Crippen molar-refractivity contribution in [3.05, 3.63) is 99.2 Å². The average Bonchev–Trinajstić information content (AvgIpc) is 3.19. The first-order valence-corrected chi connectivity index (χ1v) is 12.0. The zero-order valence-electron chi connectivity index (χ0n) is 19.6. The van der Waals surface area contributed by atoms with Gasteiger partial charge in [0.15, 0.2) is 5.76 Å². The van der Waals surface area contributed by atoms with Crippen molar-refractivity contribution >= 4 is 35.1 Å². The molecule has 0 saturated heterocycles. The number of nitrogens with zero attached hydrogens (tertiary/aromatic N) is 1. The fourth-order valence-electron chi connectivity index (χ4n) is 3.93. The third kappa shape index (κ3) is 5.78. The molecule has 8 heteroatoms. The Morgan fingerprint density at radius 1 is 0.972 bits per heavy atom. The van der Waals surface area contributed by atoms with Gasteiger partial charge < -0.3 is 14.4 Å². The third-order valence-electron chi connectivity index (χ3n) is 5.81. The van der Waals surface area contributed by atoms with Crippen LogP contribution in [0.15, 0.2) is 71.3 Å². The van der Waals surface area contributed by atoms with Crippen molar-refractivity contribution in [3.63, 3.8) is 0 Å². The van der Waals surface area contributed by atoms with Crippen LogP contribution in [-0.2, 0) is 27.2 Å². The van der Waals surface area contributed by atoms with Gasteiger partial charge in [0, 0.05) is 21.7 Å². The Labute approximate surface area is 218 Å². The Bertz CT molecular complexity index is 1410. The molecule has 4 rings (SSSR count). The van der Waals surface area contributed by atoms with E-state index < -0.39 is 18.0 Å². The quantitative estimate of drug-likeness (QED) is 0.248. The van der Waals surface area contributed by atoms with E-state index in [4.69, 9.17) is 37.6 Å². The number of aryl methyl sites for hydroxylation is 1. The predicted octanol–water partition coefficient (Wildman–Crippen LogP) is 7.10. The van der Waals surface area contributed by atoms with Gasteiger partial charge in [-0.05, 0) is 48.7 Å². The maximum Gasteiger partial charge on any atom is 0.311 e. The normalized spacial score (nSPS) is 11.8. The molecule has 0 unspecified atom stereocenters. The van der Waals surface area contributed by atoms with Gasteiger partial charge in [-0.25, -0.2) is 0 Å². The van der Waals surface area contributed by atoms with Crippen LogP contribution in [0.3, 0.4) is 0 Å². The number of halogens is 2. The van der Waals surface area contributed by atoms with Crippen molar-refractivity contribution in [3.8, 4) is 22.5 Å². The van der Waals surface area contributed by atoms with Crippen molar-refractivity contribution in [1.29, 1.82) is 0 Å². The van der Waals surface area contributed by atoms with Crippen LogP contribution < -0.4 is 0 Å². The second kappa shape index (κ2) is 11.0. The smallest absolute Gasteiger partial charge is 0.311 e. The van der Waals surface area contributed by atoms with Gasteiger partial charge in [-0.15, -0.1) is 0 Å². The van der Waals surface area contributed by atoms with E-state index in [1.807, 2.05) is 42.5 Å². The zero-order chi connectivity index (χ0) is 25.8. The largest absolute Gasteiger partial charge is 0.481 e. The number of carbonyl (C=O) groups excluding carboxylic acids is 1. The molecule has 36 heavy (non-hydrogen) atoms. The van der Waals surface area contributed by atoms with E-state index >= 15 is 0 Å². The molecule has 0 fully saturated rings. The molecule has 0 amide bonds. The van der Waals surface area contributed by atoms with Crippen LogP contribution in [0.25, 0.3) is 22.5 Å². The van der Waals surface area contributed by atoms with Crippen LogP contribution in [0.2, 0.25) is 10.0 Å². The number of carbonyl (C=O) groups is 2. The molecule has 184 valence electrons. The lowest BCUT2D eigenvalue weighted by Crippen LogP contribution is -2.12. The molecule has 1 N–H and O–H groups in total. The average molecular weight is 524 g/mol. The Balaban J connectivity index is 1.53. The third-order valence-corrected chi connectivity index (χ3v) is 6.47. The molecule has 1 heterocycles. The minimum Gasteiger partial charge on any atom is -0.481 e. The lowest BCUT2D eigenvalue weighted by atomic mass is 9.99. The molecule has 6 nitrogen and oxygen atoms in total. The monoisotopic (exact) mass is 523 g/mol. The van der Waals surface area contributed by atoms with Crippen molar-refractivity contribution < 1.29 is 24.0 Å². The highest BCUT2D eigenvalue weighted by molar-refractivity contribution is 6.33. The van der Waals surface area contributed by atoms with E-state index in [1.54, 1.807) is 38.1 Å². The van der Waals surface area contributed by atoms with Crippen molar-refractivity contribution in [2.75, 3.05) is 0 Å². The molecular formula is C28H23Cl2NO5. The van der Waals surface area contributed by atoms with Gasteiger partial charge in [-0.3, -0.25) is 9.59 Å². The van der Waals surface area contributed by atoms with Gasteiger partial charge in [0.25, 0.3) is 0 Å². The van der Waals surface area contributed by atoms with Gasteiger partial charge in [-0.2, -0.15) is 0 Å². The van der Waals surface area contributed by atoms with E-state index in [0.29, 0.717) is 38.2 Å². The molecule has 0 radical (unpaired) electrons. The maximum absolute atomic E-state index is 12.8. The first-order valence-electron chi connectivity index (χ1n) is 11.2. The van der Waals surface area contributed by atoms with Crippen LogP contribution in [0.4, 0.5) is 0 Å². The van der Waals surface area contributed by atoms with Crippen LogP contribution in [0, 0.1) is 6.92 Å². The van der Waals surface area contributed by atoms with Gasteiger partial charge in [-0.1, -0.05) is 76.9 Å². The maximum atomic E-state index is 12.8. The number of hydrogen-bond acceptors (Lipinski definition) is 5. The number of carboxylic acid groups (broad SMARTS) is 1. The highest BCUT2D eigenvalue weighted by Gasteiger charge is 2.23. The van der Waals surface area contributed by atoms with Crippen LogP contribution in [0.5, 0.6) is 0 Å². The summed E-state index contributed by atoms with van der Waals surface area (Å²) in [6.45, 7) is 3.53. The fourth-order valence-corrected chi connectivity index (χ4v) is 4.48. The van der Waals surface area contributed by atoms with E-state index in [1.165, 1.54) is 0 Å².